The highest BCUT2D eigenvalue weighted by Gasteiger charge is 2.19. The number of fused-ring (bicyclic) bond motifs is 1. The summed E-state index contributed by atoms with van der Waals surface area (Å²) in [5.74, 6) is -1.15. The first-order chi connectivity index (χ1) is 8.58. The minimum Gasteiger partial charge on any atom is -0.481 e. The molecule has 0 unspecified atom stereocenters. The van der Waals surface area contributed by atoms with Crippen LogP contribution in [-0.2, 0) is 9.59 Å². The van der Waals surface area contributed by atoms with Gasteiger partial charge in [0.1, 0.15) is 0 Å². The fourth-order valence-corrected chi connectivity index (χ4v) is 2.94. The van der Waals surface area contributed by atoms with Crippen LogP contribution in [0.5, 0.6) is 0 Å². The van der Waals surface area contributed by atoms with E-state index < -0.39 is 12.0 Å². The van der Waals surface area contributed by atoms with Crippen LogP contribution in [0.2, 0.25) is 0 Å². The largest absolute Gasteiger partial charge is 0.481 e. The molecule has 1 heterocycles. The third-order valence-electron chi connectivity index (χ3n) is 2.64. The zero-order valence-electron chi connectivity index (χ0n) is 9.84. The van der Waals surface area contributed by atoms with E-state index in [1.165, 1.54) is 6.92 Å². The number of hydrogen-bond donors (Lipinski definition) is 2. The normalized spacial score (nSPS) is 12.3. The maximum Gasteiger partial charge on any atom is 0.305 e. The van der Waals surface area contributed by atoms with Crippen LogP contribution in [0.25, 0.3) is 10.1 Å². The first kappa shape index (κ1) is 12.6. The van der Waals surface area contributed by atoms with Crippen LogP contribution in [0, 0.1) is 0 Å². The standard InChI is InChI=1S/C13H13NO3S/c1-8(15)14-11(6-13(16)17)10-7-18-12-5-3-2-4-9(10)12/h2-5,7,11H,6H2,1H3,(H,14,15)(H,16,17)/t11-/m0/s1. The van der Waals surface area contributed by atoms with Gasteiger partial charge in [-0.1, -0.05) is 18.2 Å². The SMILES string of the molecule is CC(=O)N[C@@H](CC(=O)O)c1csc2ccccc12. The Labute approximate surface area is 108 Å². The highest BCUT2D eigenvalue weighted by atomic mass is 32.1. The van der Waals surface area contributed by atoms with E-state index >= 15 is 0 Å². The molecule has 4 nitrogen and oxygen atoms in total. The number of carboxylic acids is 1. The van der Waals surface area contributed by atoms with Gasteiger partial charge in [-0.3, -0.25) is 9.59 Å². The quantitative estimate of drug-likeness (QED) is 0.890. The fourth-order valence-electron chi connectivity index (χ4n) is 1.93. The van der Waals surface area contributed by atoms with Gasteiger partial charge in [-0.2, -0.15) is 0 Å². The van der Waals surface area contributed by atoms with Gasteiger partial charge in [-0.05, 0) is 22.4 Å². The number of benzene rings is 1. The minimum atomic E-state index is -0.927. The molecule has 1 amide bonds. The van der Waals surface area contributed by atoms with E-state index in [0.717, 1.165) is 15.6 Å². The molecule has 2 aromatic rings. The van der Waals surface area contributed by atoms with Crippen LogP contribution in [0.15, 0.2) is 29.6 Å². The van der Waals surface area contributed by atoms with Crippen molar-refractivity contribution < 1.29 is 14.7 Å². The first-order valence-corrected chi connectivity index (χ1v) is 6.41. The highest BCUT2D eigenvalue weighted by Crippen LogP contribution is 2.31. The smallest absolute Gasteiger partial charge is 0.305 e. The second-order valence-electron chi connectivity index (χ2n) is 4.04. The first-order valence-electron chi connectivity index (χ1n) is 5.53. The van der Waals surface area contributed by atoms with Gasteiger partial charge < -0.3 is 10.4 Å². The Morgan fingerprint density at radius 2 is 2.11 bits per heavy atom. The summed E-state index contributed by atoms with van der Waals surface area (Å²) in [6.45, 7) is 1.39. The molecule has 0 aliphatic heterocycles. The molecule has 5 heteroatoms. The average molecular weight is 263 g/mol. The van der Waals surface area contributed by atoms with Crippen molar-refractivity contribution in [3.05, 3.63) is 35.2 Å². The summed E-state index contributed by atoms with van der Waals surface area (Å²) >= 11 is 1.55. The second-order valence-corrected chi connectivity index (χ2v) is 4.95. The molecular formula is C13H13NO3S. The predicted molar refractivity (Wildman–Crippen MR) is 70.6 cm³/mol. The van der Waals surface area contributed by atoms with E-state index in [0.29, 0.717) is 0 Å². The number of carboxylic acid groups (broad SMARTS) is 1. The van der Waals surface area contributed by atoms with E-state index in [4.69, 9.17) is 5.11 Å². The lowest BCUT2D eigenvalue weighted by molar-refractivity contribution is -0.137. The van der Waals surface area contributed by atoms with Gasteiger partial charge in [-0.15, -0.1) is 11.3 Å². The van der Waals surface area contributed by atoms with Crippen LogP contribution < -0.4 is 5.32 Å². The van der Waals surface area contributed by atoms with Gasteiger partial charge in [0.15, 0.2) is 0 Å². The molecule has 0 radical (unpaired) electrons. The van der Waals surface area contributed by atoms with Crippen molar-refractivity contribution in [3.8, 4) is 0 Å². The highest BCUT2D eigenvalue weighted by molar-refractivity contribution is 7.17. The molecule has 2 N–H and O–H groups in total. The Morgan fingerprint density at radius 1 is 1.39 bits per heavy atom. The van der Waals surface area contributed by atoms with Gasteiger partial charge >= 0.3 is 5.97 Å². The number of carbonyl (C=O) groups excluding carboxylic acids is 1. The zero-order chi connectivity index (χ0) is 13.1. The maximum atomic E-state index is 11.2. The Bertz CT molecular complexity index is 575. The molecular weight excluding hydrogens is 250 g/mol. The summed E-state index contributed by atoms with van der Waals surface area (Å²) in [5.41, 5.74) is 0.869. The third kappa shape index (κ3) is 2.68. The second kappa shape index (κ2) is 5.18. The van der Waals surface area contributed by atoms with Crippen LogP contribution in [0.3, 0.4) is 0 Å². The Hall–Kier alpha value is -1.88. The summed E-state index contributed by atoms with van der Waals surface area (Å²) in [7, 11) is 0. The average Bonchev–Trinajstić information content (AvgIpc) is 2.70. The zero-order valence-corrected chi connectivity index (χ0v) is 10.7. The molecule has 0 spiro atoms. The van der Waals surface area contributed by atoms with Crippen molar-refractivity contribution in [1.82, 2.24) is 5.32 Å². The number of thiophene rings is 1. The summed E-state index contributed by atoms with van der Waals surface area (Å²) in [6.07, 6.45) is -0.111. The number of rotatable bonds is 4. The summed E-state index contributed by atoms with van der Waals surface area (Å²) < 4.78 is 1.09. The van der Waals surface area contributed by atoms with Crippen molar-refractivity contribution in [3.63, 3.8) is 0 Å². The molecule has 0 saturated carbocycles. The van der Waals surface area contributed by atoms with Gasteiger partial charge in [0.25, 0.3) is 0 Å². The third-order valence-corrected chi connectivity index (χ3v) is 3.62. The molecule has 0 aliphatic carbocycles. The molecule has 1 aromatic heterocycles. The molecule has 1 atom stereocenters. The Morgan fingerprint density at radius 3 is 2.78 bits per heavy atom. The molecule has 94 valence electrons. The molecule has 0 saturated heterocycles. The predicted octanol–water partition coefficient (Wildman–Crippen LogP) is 2.55. The number of amides is 1. The Kier molecular flexibility index (Phi) is 3.62. The van der Waals surface area contributed by atoms with Gasteiger partial charge in [0.2, 0.25) is 5.91 Å². The number of carbonyl (C=O) groups is 2. The van der Waals surface area contributed by atoms with Crippen LogP contribution in [0.4, 0.5) is 0 Å². The number of hydrogen-bond acceptors (Lipinski definition) is 3. The van der Waals surface area contributed by atoms with Crippen molar-refractivity contribution in [1.29, 1.82) is 0 Å². The molecule has 0 aliphatic rings. The Balaban J connectivity index is 2.40. The lowest BCUT2D eigenvalue weighted by atomic mass is 10.0. The van der Waals surface area contributed by atoms with Crippen molar-refractivity contribution in [2.75, 3.05) is 0 Å². The lowest BCUT2D eigenvalue weighted by Gasteiger charge is -2.15. The van der Waals surface area contributed by atoms with E-state index in [1.54, 1.807) is 11.3 Å². The molecule has 18 heavy (non-hydrogen) atoms. The lowest BCUT2D eigenvalue weighted by Crippen LogP contribution is -2.27. The van der Waals surface area contributed by atoms with Crippen molar-refractivity contribution in [2.24, 2.45) is 0 Å². The van der Waals surface area contributed by atoms with E-state index in [2.05, 4.69) is 5.32 Å². The maximum absolute atomic E-state index is 11.2. The summed E-state index contributed by atoms with van der Waals surface area (Å²) in [5, 5.41) is 14.5. The fraction of sp³-hybridized carbons (Fsp3) is 0.231. The topological polar surface area (TPSA) is 66.4 Å². The number of nitrogens with one attached hydrogen (secondary N) is 1. The molecule has 2 rings (SSSR count). The van der Waals surface area contributed by atoms with E-state index in [9.17, 15) is 9.59 Å². The van der Waals surface area contributed by atoms with Gasteiger partial charge in [0, 0.05) is 11.6 Å². The van der Waals surface area contributed by atoms with Crippen molar-refractivity contribution >= 4 is 33.3 Å². The molecule has 0 bridgehead atoms. The molecule has 1 aromatic carbocycles. The molecule has 0 fully saturated rings. The van der Waals surface area contributed by atoms with Crippen molar-refractivity contribution in [2.45, 2.75) is 19.4 Å². The van der Waals surface area contributed by atoms with Crippen LogP contribution in [0.1, 0.15) is 24.9 Å². The van der Waals surface area contributed by atoms with Gasteiger partial charge in [-0.25, -0.2) is 0 Å². The van der Waals surface area contributed by atoms with E-state index in [1.807, 2.05) is 29.6 Å². The van der Waals surface area contributed by atoms with Gasteiger partial charge in [0.05, 0.1) is 12.5 Å². The minimum absolute atomic E-state index is 0.111. The van der Waals surface area contributed by atoms with Crippen LogP contribution in [-0.4, -0.2) is 17.0 Å². The summed E-state index contributed by atoms with van der Waals surface area (Å²) in [4.78, 5) is 22.0. The van der Waals surface area contributed by atoms with Crippen LogP contribution >= 0.6 is 11.3 Å². The summed E-state index contributed by atoms with van der Waals surface area (Å²) in [6, 6.07) is 7.29. The number of aliphatic carboxylic acids is 1. The van der Waals surface area contributed by atoms with E-state index in [-0.39, 0.29) is 12.3 Å². The monoisotopic (exact) mass is 263 g/mol.